The zero-order valence-electron chi connectivity index (χ0n) is 9.87. The molecule has 86 valence electrons. The molecule has 0 fully saturated rings. The van der Waals surface area contributed by atoms with Gasteiger partial charge in [0.05, 0.1) is 11.7 Å². The van der Waals surface area contributed by atoms with Crippen LogP contribution >= 0.6 is 15.9 Å². The molecule has 0 aliphatic carbocycles. The van der Waals surface area contributed by atoms with E-state index in [0.717, 1.165) is 16.5 Å². The second-order valence-corrected chi connectivity index (χ2v) is 4.19. The van der Waals surface area contributed by atoms with Crippen molar-refractivity contribution >= 4 is 27.6 Å². The Bertz CT molecular complexity index is 410. The van der Waals surface area contributed by atoms with Crippen LogP contribution in [0.25, 0.3) is 0 Å². The minimum atomic E-state index is -1.25. The molecule has 1 N–H and O–H groups in total. The van der Waals surface area contributed by atoms with E-state index < -0.39 is 5.97 Å². The van der Waals surface area contributed by atoms with E-state index in [-0.39, 0.29) is 35.3 Å². The Kier molecular flexibility index (Phi) is 8.51. The van der Waals surface area contributed by atoms with Crippen LogP contribution in [-0.2, 0) is 11.2 Å². The standard InChI is InChI=1S/C11H13BrN2O2.Na/c1-8(11(15)16)14-13-6-5-9-3-2-4-10(12)7-9;/h2-4,7,13H,5-6H2,1H3,(H,15,16);/q;+1/p-1/b14-8-;. The second kappa shape index (κ2) is 8.69. The smallest absolute Gasteiger partial charge is 0.543 e. The van der Waals surface area contributed by atoms with Crippen molar-refractivity contribution in [2.75, 3.05) is 6.54 Å². The average Bonchev–Trinajstić information content (AvgIpc) is 2.24. The molecule has 4 nitrogen and oxygen atoms in total. The van der Waals surface area contributed by atoms with Gasteiger partial charge in [-0.3, -0.25) is 0 Å². The summed E-state index contributed by atoms with van der Waals surface area (Å²) >= 11 is 3.38. The number of halogens is 1. The van der Waals surface area contributed by atoms with Crippen LogP contribution in [0.5, 0.6) is 0 Å². The molecule has 0 atom stereocenters. The summed E-state index contributed by atoms with van der Waals surface area (Å²) in [6, 6.07) is 7.92. The molecule has 1 rings (SSSR count). The van der Waals surface area contributed by atoms with Gasteiger partial charge < -0.3 is 15.3 Å². The van der Waals surface area contributed by atoms with Gasteiger partial charge >= 0.3 is 29.6 Å². The van der Waals surface area contributed by atoms with Crippen molar-refractivity contribution in [2.45, 2.75) is 13.3 Å². The number of nitrogens with one attached hydrogen (secondary N) is 1. The van der Waals surface area contributed by atoms with E-state index in [0.29, 0.717) is 6.54 Å². The molecule has 0 heterocycles. The zero-order chi connectivity index (χ0) is 12.0. The van der Waals surface area contributed by atoms with E-state index in [1.54, 1.807) is 0 Å². The van der Waals surface area contributed by atoms with Crippen LogP contribution in [0.1, 0.15) is 12.5 Å². The van der Waals surface area contributed by atoms with Gasteiger partial charge in [-0.15, -0.1) is 0 Å². The molecule has 0 radical (unpaired) electrons. The fourth-order valence-corrected chi connectivity index (χ4v) is 1.56. The first-order chi connectivity index (χ1) is 7.59. The molecule has 0 aliphatic heterocycles. The number of carboxylic acids is 1. The van der Waals surface area contributed by atoms with Crippen molar-refractivity contribution in [3.8, 4) is 0 Å². The van der Waals surface area contributed by atoms with Gasteiger partial charge in [0.1, 0.15) is 0 Å². The maximum Gasteiger partial charge on any atom is 1.00 e. The maximum absolute atomic E-state index is 10.3. The van der Waals surface area contributed by atoms with Gasteiger partial charge in [-0.1, -0.05) is 28.1 Å². The summed E-state index contributed by atoms with van der Waals surface area (Å²) in [4.78, 5) is 10.3. The minimum absolute atomic E-state index is 0. The first-order valence-corrected chi connectivity index (χ1v) is 5.62. The number of carbonyl (C=O) groups is 1. The van der Waals surface area contributed by atoms with E-state index >= 15 is 0 Å². The number of carboxylic acid groups (broad SMARTS) is 1. The summed E-state index contributed by atoms with van der Waals surface area (Å²) in [6.45, 7) is 1.97. The molecule has 0 bridgehead atoms. The molecule has 6 heteroatoms. The zero-order valence-corrected chi connectivity index (χ0v) is 13.5. The largest absolute Gasteiger partial charge is 1.00 e. The quantitative estimate of drug-likeness (QED) is 0.288. The average molecular weight is 307 g/mol. The van der Waals surface area contributed by atoms with Crippen molar-refractivity contribution in [1.82, 2.24) is 5.43 Å². The second-order valence-electron chi connectivity index (χ2n) is 3.27. The molecule has 17 heavy (non-hydrogen) atoms. The van der Waals surface area contributed by atoms with E-state index in [1.807, 2.05) is 24.3 Å². The number of carbonyl (C=O) groups excluding carboxylic acids is 1. The van der Waals surface area contributed by atoms with Gasteiger partial charge in [-0.2, -0.15) is 5.10 Å². The molecule has 0 spiro atoms. The minimum Gasteiger partial charge on any atom is -0.543 e. The number of benzene rings is 1. The Morgan fingerprint density at radius 3 is 2.82 bits per heavy atom. The Morgan fingerprint density at radius 2 is 2.24 bits per heavy atom. The van der Waals surface area contributed by atoms with Crippen molar-refractivity contribution in [3.05, 3.63) is 34.3 Å². The normalized spacial score (nSPS) is 10.6. The SMILES string of the molecule is C/C(=N/NCCc1cccc(Br)c1)C(=O)[O-].[Na+]. The molecule has 1 aromatic rings. The topological polar surface area (TPSA) is 64.5 Å². The fourth-order valence-electron chi connectivity index (χ4n) is 1.11. The Balaban J connectivity index is 0.00000256. The number of hydrogen-bond acceptors (Lipinski definition) is 4. The van der Waals surface area contributed by atoms with Crippen LogP contribution in [0, 0.1) is 0 Å². The van der Waals surface area contributed by atoms with Crippen molar-refractivity contribution in [2.24, 2.45) is 5.10 Å². The molecular weight excluding hydrogens is 295 g/mol. The predicted octanol–water partition coefficient (Wildman–Crippen LogP) is -2.29. The molecule has 0 saturated heterocycles. The van der Waals surface area contributed by atoms with Crippen molar-refractivity contribution in [3.63, 3.8) is 0 Å². The van der Waals surface area contributed by atoms with Crippen LogP contribution in [0.3, 0.4) is 0 Å². The van der Waals surface area contributed by atoms with E-state index in [4.69, 9.17) is 0 Å². The first-order valence-electron chi connectivity index (χ1n) is 4.82. The van der Waals surface area contributed by atoms with E-state index in [1.165, 1.54) is 6.92 Å². The van der Waals surface area contributed by atoms with Crippen LogP contribution in [0.4, 0.5) is 0 Å². The molecular formula is C11H12BrN2NaO2. The van der Waals surface area contributed by atoms with Gasteiger partial charge in [0.25, 0.3) is 0 Å². The number of nitrogens with zero attached hydrogens (tertiary/aromatic N) is 1. The van der Waals surface area contributed by atoms with Crippen LogP contribution in [0.15, 0.2) is 33.8 Å². The Hall–Kier alpha value is -0.360. The van der Waals surface area contributed by atoms with Crippen LogP contribution in [-0.4, -0.2) is 18.2 Å². The molecule has 0 amide bonds. The van der Waals surface area contributed by atoms with Crippen molar-refractivity contribution < 1.29 is 39.5 Å². The summed E-state index contributed by atoms with van der Waals surface area (Å²) in [7, 11) is 0. The monoisotopic (exact) mass is 306 g/mol. The van der Waals surface area contributed by atoms with E-state index in [2.05, 4.69) is 26.5 Å². The Labute approximate surface area is 131 Å². The van der Waals surface area contributed by atoms with E-state index in [9.17, 15) is 9.90 Å². The molecule has 0 aromatic heterocycles. The van der Waals surface area contributed by atoms with Gasteiger partial charge in [0, 0.05) is 11.0 Å². The first kappa shape index (κ1) is 16.6. The summed E-state index contributed by atoms with van der Waals surface area (Å²) in [5.41, 5.74) is 3.79. The maximum atomic E-state index is 10.3. The van der Waals surface area contributed by atoms with Gasteiger partial charge in [-0.05, 0) is 31.0 Å². The van der Waals surface area contributed by atoms with Gasteiger partial charge in [0.2, 0.25) is 0 Å². The van der Waals surface area contributed by atoms with Crippen LogP contribution in [0.2, 0.25) is 0 Å². The fraction of sp³-hybridized carbons (Fsp3) is 0.273. The van der Waals surface area contributed by atoms with Gasteiger partial charge in [-0.25, -0.2) is 0 Å². The molecule has 1 aromatic carbocycles. The van der Waals surface area contributed by atoms with Gasteiger partial charge in [0.15, 0.2) is 0 Å². The van der Waals surface area contributed by atoms with Crippen LogP contribution < -0.4 is 40.1 Å². The number of hydrogen-bond donors (Lipinski definition) is 1. The number of hydrazone groups is 1. The summed E-state index contributed by atoms with van der Waals surface area (Å²) in [6.07, 6.45) is 0.781. The van der Waals surface area contributed by atoms with Crippen molar-refractivity contribution in [1.29, 1.82) is 0 Å². The number of aliphatic carboxylic acids is 1. The third-order valence-electron chi connectivity index (χ3n) is 1.96. The Morgan fingerprint density at radius 1 is 1.53 bits per heavy atom. The molecule has 0 unspecified atom stereocenters. The third kappa shape index (κ3) is 6.83. The number of rotatable bonds is 5. The summed E-state index contributed by atoms with van der Waals surface area (Å²) < 4.78 is 1.03. The molecule has 0 aliphatic rings. The summed E-state index contributed by atoms with van der Waals surface area (Å²) in [5.74, 6) is -1.25. The third-order valence-corrected chi connectivity index (χ3v) is 2.45. The summed E-state index contributed by atoms with van der Waals surface area (Å²) in [5, 5.41) is 14.0. The predicted molar refractivity (Wildman–Crippen MR) is 64.0 cm³/mol. The molecule has 0 saturated carbocycles.